The van der Waals surface area contributed by atoms with Crippen LogP contribution in [-0.4, -0.2) is 22.1 Å². The maximum Gasteiger partial charge on any atom is 0.227 e. The first-order valence-electron chi connectivity index (χ1n) is 8.04. The van der Waals surface area contributed by atoms with Gasteiger partial charge in [-0.15, -0.1) is 0 Å². The van der Waals surface area contributed by atoms with E-state index in [1.807, 2.05) is 24.3 Å². The molecule has 26 heavy (non-hydrogen) atoms. The summed E-state index contributed by atoms with van der Waals surface area (Å²) in [7, 11) is 0. The average molecular weight is 373 g/mol. The molecule has 1 heterocycles. The van der Waals surface area contributed by atoms with Crippen LogP contribution >= 0.6 is 11.6 Å². The second-order valence-corrected chi connectivity index (χ2v) is 6.11. The van der Waals surface area contributed by atoms with Crippen LogP contribution in [0.2, 0.25) is 5.02 Å². The number of halogens is 1. The Hall–Kier alpha value is -2.93. The molecule has 1 amide bonds. The number of carbonyl (C=O) groups is 1. The number of nitrogens with zero attached hydrogens (tertiary/aromatic N) is 2. The van der Waals surface area contributed by atoms with Gasteiger partial charge in [-0.05, 0) is 30.9 Å². The van der Waals surface area contributed by atoms with Crippen molar-refractivity contribution in [1.82, 2.24) is 9.97 Å². The third kappa shape index (κ3) is 4.80. The molecule has 1 atom stereocenters. The first-order valence-corrected chi connectivity index (χ1v) is 8.42. The molecule has 1 aromatic carbocycles. The van der Waals surface area contributed by atoms with Gasteiger partial charge in [0, 0.05) is 12.4 Å². The maximum absolute atomic E-state index is 11.5. The lowest BCUT2D eigenvalue weighted by atomic mass is 9.92. The summed E-state index contributed by atoms with van der Waals surface area (Å²) in [6.45, 7) is 1.79. The van der Waals surface area contributed by atoms with Crippen LogP contribution in [0, 0.1) is 5.41 Å². The number of nitrogens with two attached hydrogens (primary N) is 2. The van der Waals surface area contributed by atoms with E-state index < -0.39 is 0 Å². The molecule has 6 N–H and O–H groups in total. The fourth-order valence-electron chi connectivity index (χ4n) is 2.48. The molecule has 136 valence electrons. The molecule has 1 unspecified atom stereocenters. The van der Waals surface area contributed by atoms with Crippen LogP contribution in [0.15, 0.2) is 42.4 Å². The SMILES string of the molecule is CC(C(N)=O)c1ccccc1CCc1nc(N/C(C=N)=C/N)ncc1Cl. The summed E-state index contributed by atoms with van der Waals surface area (Å²) in [4.78, 5) is 20.0. The lowest BCUT2D eigenvalue weighted by Gasteiger charge is -2.14. The molecule has 7 nitrogen and oxygen atoms in total. The van der Waals surface area contributed by atoms with Gasteiger partial charge in [0.2, 0.25) is 11.9 Å². The number of aryl methyl sites for hydroxylation is 2. The number of benzene rings is 1. The lowest BCUT2D eigenvalue weighted by Crippen LogP contribution is -2.20. The van der Waals surface area contributed by atoms with Crippen molar-refractivity contribution >= 4 is 29.7 Å². The molecule has 2 aromatic rings. The Bertz CT molecular complexity index is 836. The van der Waals surface area contributed by atoms with E-state index in [0.29, 0.717) is 35.2 Å². The Morgan fingerprint density at radius 2 is 2.12 bits per heavy atom. The molecule has 0 radical (unpaired) electrons. The minimum atomic E-state index is -0.367. The van der Waals surface area contributed by atoms with Crippen molar-refractivity contribution in [2.75, 3.05) is 5.32 Å². The summed E-state index contributed by atoms with van der Waals surface area (Å²) in [5.74, 6) is -0.422. The molecule has 0 spiro atoms. The van der Waals surface area contributed by atoms with Crippen molar-refractivity contribution in [2.45, 2.75) is 25.7 Å². The van der Waals surface area contributed by atoms with Crippen LogP contribution in [0.3, 0.4) is 0 Å². The second-order valence-electron chi connectivity index (χ2n) is 5.70. The molecule has 1 aromatic heterocycles. The molecule has 0 aliphatic carbocycles. The molecule has 0 bridgehead atoms. The summed E-state index contributed by atoms with van der Waals surface area (Å²) in [6.07, 6.45) is 5.03. The van der Waals surface area contributed by atoms with Gasteiger partial charge in [-0.1, -0.05) is 35.9 Å². The minimum Gasteiger partial charge on any atom is -0.403 e. The summed E-state index contributed by atoms with van der Waals surface area (Å²) in [5, 5.41) is 10.5. The van der Waals surface area contributed by atoms with Gasteiger partial charge < -0.3 is 22.2 Å². The summed E-state index contributed by atoms with van der Waals surface area (Å²) < 4.78 is 0. The van der Waals surface area contributed by atoms with Crippen LogP contribution in [-0.2, 0) is 17.6 Å². The van der Waals surface area contributed by atoms with E-state index >= 15 is 0 Å². The van der Waals surface area contributed by atoms with E-state index in [2.05, 4.69) is 15.3 Å². The Balaban J connectivity index is 2.20. The average Bonchev–Trinajstić information content (AvgIpc) is 2.65. The van der Waals surface area contributed by atoms with Gasteiger partial charge in [0.15, 0.2) is 0 Å². The fourth-order valence-corrected chi connectivity index (χ4v) is 2.67. The first kappa shape index (κ1) is 19.4. The first-order chi connectivity index (χ1) is 12.5. The second kappa shape index (κ2) is 8.96. The zero-order valence-corrected chi connectivity index (χ0v) is 15.1. The van der Waals surface area contributed by atoms with Crippen molar-refractivity contribution in [3.05, 3.63) is 64.2 Å². The Morgan fingerprint density at radius 3 is 2.77 bits per heavy atom. The van der Waals surface area contributed by atoms with Crippen molar-refractivity contribution in [3.63, 3.8) is 0 Å². The van der Waals surface area contributed by atoms with Crippen molar-refractivity contribution < 1.29 is 4.79 Å². The van der Waals surface area contributed by atoms with Crippen LogP contribution in [0.4, 0.5) is 5.95 Å². The zero-order chi connectivity index (χ0) is 19.1. The van der Waals surface area contributed by atoms with Gasteiger partial charge >= 0.3 is 0 Å². The number of anilines is 1. The van der Waals surface area contributed by atoms with Crippen molar-refractivity contribution in [1.29, 1.82) is 5.41 Å². The number of hydrogen-bond donors (Lipinski definition) is 4. The largest absolute Gasteiger partial charge is 0.403 e. The van der Waals surface area contributed by atoms with E-state index in [0.717, 1.165) is 17.3 Å². The quantitative estimate of drug-likeness (QED) is 0.528. The number of amides is 1. The Morgan fingerprint density at radius 1 is 1.38 bits per heavy atom. The summed E-state index contributed by atoms with van der Waals surface area (Å²) in [6, 6.07) is 7.68. The topological polar surface area (TPSA) is 131 Å². The van der Waals surface area contributed by atoms with Crippen molar-refractivity contribution in [2.24, 2.45) is 11.5 Å². The lowest BCUT2D eigenvalue weighted by molar-refractivity contribution is -0.119. The van der Waals surface area contributed by atoms with Gasteiger partial charge in [-0.25, -0.2) is 9.97 Å². The van der Waals surface area contributed by atoms with E-state index in [-0.39, 0.29) is 11.8 Å². The van der Waals surface area contributed by atoms with Gasteiger partial charge in [0.05, 0.1) is 28.5 Å². The van der Waals surface area contributed by atoms with E-state index in [1.54, 1.807) is 6.92 Å². The monoisotopic (exact) mass is 372 g/mol. The number of aromatic nitrogens is 2. The molecule has 0 fully saturated rings. The van der Waals surface area contributed by atoms with Crippen molar-refractivity contribution in [3.8, 4) is 0 Å². The smallest absolute Gasteiger partial charge is 0.227 e. The maximum atomic E-state index is 11.5. The standard InChI is InChI=1S/C18H21ClN6O/c1-11(17(22)26)14-5-3-2-4-12(14)6-7-16-15(19)10-23-18(25-16)24-13(8-20)9-21/h2-5,8-11,20H,6-7,21H2,1H3,(H2,22,26)(H,23,24,25)/b13-9+,20-8?. The predicted molar refractivity (Wildman–Crippen MR) is 103 cm³/mol. The highest BCUT2D eigenvalue weighted by molar-refractivity contribution is 6.31. The minimum absolute atomic E-state index is 0.309. The zero-order valence-electron chi connectivity index (χ0n) is 14.4. The van der Waals surface area contributed by atoms with E-state index in [9.17, 15) is 4.79 Å². The van der Waals surface area contributed by atoms with Gasteiger partial charge in [-0.3, -0.25) is 4.79 Å². The van der Waals surface area contributed by atoms with Gasteiger partial charge in [-0.2, -0.15) is 0 Å². The number of allylic oxidation sites excluding steroid dienone is 1. The molecule has 0 saturated carbocycles. The number of nitrogens with one attached hydrogen (secondary N) is 2. The molecule has 8 heteroatoms. The normalized spacial score (nSPS) is 12.5. The van der Waals surface area contributed by atoms with Crippen LogP contribution < -0.4 is 16.8 Å². The molecule has 0 aliphatic rings. The summed E-state index contributed by atoms with van der Waals surface area (Å²) >= 11 is 6.21. The van der Waals surface area contributed by atoms with Crippen LogP contribution in [0.25, 0.3) is 0 Å². The molecule has 0 saturated heterocycles. The number of primary amides is 1. The molecular formula is C18H21ClN6O. The third-order valence-corrected chi connectivity index (χ3v) is 4.30. The highest BCUT2D eigenvalue weighted by Gasteiger charge is 2.16. The molecule has 0 aliphatic heterocycles. The highest BCUT2D eigenvalue weighted by atomic mass is 35.5. The summed E-state index contributed by atoms with van der Waals surface area (Å²) in [5.41, 5.74) is 13.8. The molecular weight excluding hydrogens is 352 g/mol. The van der Waals surface area contributed by atoms with E-state index in [4.69, 9.17) is 28.5 Å². The van der Waals surface area contributed by atoms with Gasteiger partial charge in [0.1, 0.15) is 0 Å². The number of hydrogen-bond acceptors (Lipinski definition) is 6. The predicted octanol–water partition coefficient (Wildman–Crippen LogP) is 2.37. The highest BCUT2D eigenvalue weighted by Crippen LogP contribution is 2.23. The Kier molecular flexibility index (Phi) is 6.68. The fraction of sp³-hybridized carbons (Fsp3) is 0.222. The van der Waals surface area contributed by atoms with Gasteiger partial charge in [0.25, 0.3) is 0 Å². The van der Waals surface area contributed by atoms with E-state index in [1.165, 1.54) is 12.4 Å². The van der Waals surface area contributed by atoms with Crippen LogP contribution in [0.1, 0.15) is 29.7 Å². The third-order valence-electron chi connectivity index (χ3n) is 3.99. The molecule has 2 rings (SSSR count). The number of rotatable bonds is 8. The number of carbonyl (C=O) groups excluding carboxylic acids is 1. The van der Waals surface area contributed by atoms with Crippen LogP contribution in [0.5, 0.6) is 0 Å². The Labute approximate surface area is 157 Å².